The summed E-state index contributed by atoms with van der Waals surface area (Å²) >= 11 is 1.61. The molecule has 0 unspecified atom stereocenters. The zero-order valence-electron chi connectivity index (χ0n) is 14.4. The molecule has 0 aliphatic carbocycles. The molecular weight excluding hydrogens is 385 g/mol. The summed E-state index contributed by atoms with van der Waals surface area (Å²) in [6.07, 6.45) is 3.97. The van der Waals surface area contributed by atoms with Crippen molar-refractivity contribution in [2.24, 2.45) is 0 Å². The van der Waals surface area contributed by atoms with E-state index in [1.807, 2.05) is 48.0 Å². The Labute approximate surface area is 160 Å². The Bertz CT molecular complexity index is 1200. The highest BCUT2D eigenvalue weighted by atomic mass is 32.2. The van der Waals surface area contributed by atoms with E-state index in [1.165, 1.54) is 23.1 Å². The van der Waals surface area contributed by atoms with Crippen LogP contribution in [-0.2, 0) is 16.6 Å². The minimum Gasteiger partial charge on any atom is -0.297 e. The van der Waals surface area contributed by atoms with Gasteiger partial charge in [0.15, 0.2) is 4.96 Å². The van der Waals surface area contributed by atoms with E-state index < -0.39 is 15.8 Å². The largest absolute Gasteiger partial charge is 0.297 e. The average Bonchev–Trinajstić information content (AvgIpc) is 3.18. The molecule has 2 aromatic heterocycles. The minimum absolute atomic E-state index is 0.0941. The van der Waals surface area contributed by atoms with Crippen LogP contribution in [0, 0.1) is 12.7 Å². The summed E-state index contributed by atoms with van der Waals surface area (Å²) in [7, 11) is -3.78. The van der Waals surface area contributed by atoms with Crippen molar-refractivity contribution >= 4 is 26.3 Å². The zero-order valence-corrected chi connectivity index (χ0v) is 16.0. The molecule has 138 valence electrons. The molecule has 2 heterocycles. The molecule has 0 aliphatic rings. The van der Waals surface area contributed by atoms with Gasteiger partial charge in [0, 0.05) is 29.4 Å². The molecule has 4 aromatic rings. The van der Waals surface area contributed by atoms with E-state index in [1.54, 1.807) is 11.3 Å². The molecule has 8 heteroatoms. The van der Waals surface area contributed by atoms with Crippen molar-refractivity contribution in [3.05, 3.63) is 77.2 Å². The van der Waals surface area contributed by atoms with E-state index in [2.05, 4.69) is 9.71 Å². The van der Waals surface area contributed by atoms with Gasteiger partial charge in [-0.05, 0) is 36.8 Å². The summed E-state index contributed by atoms with van der Waals surface area (Å²) in [5.74, 6) is -0.588. The highest BCUT2D eigenvalue weighted by Crippen LogP contribution is 2.24. The maximum atomic E-state index is 13.3. The highest BCUT2D eigenvalue weighted by Gasteiger charge is 2.14. The summed E-state index contributed by atoms with van der Waals surface area (Å²) in [5, 5.41) is 0. The third-order valence-electron chi connectivity index (χ3n) is 4.07. The maximum Gasteiger partial charge on any atom is 0.240 e. The number of nitrogens with zero attached hydrogens (tertiary/aromatic N) is 2. The highest BCUT2D eigenvalue weighted by molar-refractivity contribution is 7.89. The van der Waals surface area contributed by atoms with Crippen LogP contribution < -0.4 is 4.72 Å². The monoisotopic (exact) mass is 401 g/mol. The molecule has 4 rings (SSSR count). The van der Waals surface area contributed by atoms with E-state index in [0.29, 0.717) is 0 Å². The summed E-state index contributed by atoms with van der Waals surface area (Å²) in [4.78, 5) is 6.62. The summed E-state index contributed by atoms with van der Waals surface area (Å²) in [6.45, 7) is 2.14. The van der Waals surface area contributed by atoms with Crippen LogP contribution in [-0.4, -0.2) is 17.8 Å². The maximum absolute atomic E-state index is 13.3. The van der Waals surface area contributed by atoms with Crippen molar-refractivity contribution in [2.75, 3.05) is 0 Å². The van der Waals surface area contributed by atoms with Crippen LogP contribution in [0.4, 0.5) is 4.39 Å². The Hall–Kier alpha value is -2.55. The van der Waals surface area contributed by atoms with E-state index in [4.69, 9.17) is 0 Å². The van der Waals surface area contributed by atoms with Crippen LogP contribution in [0.5, 0.6) is 0 Å². The first kappa shape index (κ1) is 17.8. The first-order valence-corrected chi connectivity index (χ1v) is 10.5. The second-order valence-electron chi connectivity index (χ2n) is 6.14. The van der Waals surface area contributed by atoms with Crippen molar-refractivity contribution in [1.29, 1.82) is 0 Å². The van der Waals surface area contributed by atoms with Gasteiger partial charge in [-0.2, -0.15) is 0 Å². The predicted octanol–water partition coefficient (Wildman–Crippen LogP) is 3.99. The zero-order chi connectivity index (χ0) is 19.0. The third-order valence-corrected chi connectivity index (χ3v) is 6.38. The van der Waals surface area contributed by atoms with Crippen molar-refractivity contribution < 1.29 is 12.8 Å². The number of rotatable bonds is 5. The summed E-state index contributed by atoms with van der Waals surface area (Å²) in [5.41, 5.74) is 2.53. The standard InChI is InChI=1S/C19H16FN3O2S2/c1-13-11-23-12-18(22-19(23)26-13)15-5-2-4-14(8-15)10-21-27(24,25)17-7-3-6-16(20)9-17/h2-9,11-12,21H,10H2,1H3. The lowest BCUT2D eigenvalue weighted by molar-refractivity contribution is 0.577. The normalized spacial score (nSPS) is 11.9. The minimum atomic E-state index is -3.78. The van der Waals surface area contributed by atoms with Crippen LogP contribution in [0.3, 0.4) is 0 Å². The number of imidazole rings is 1. The number of fused-ring (bicyclic) bond motifs is 1. The van der Waals surface area contributed by atoms with Crippen LogP contribution in [0.2, 0.25) is 0 Å². The Balaban J connectivity index is 1.55. The lowest BCUT2D eigenvalue weighted by Crippen LogP contribution is -2.23. The lowest BCUT2D eigenvalue weighted by Gasteiger charge is -2.08. The molecule has 0 radical (unpaired) electrons. The van der Waals surface area contributed by atoms with Crippen LogP contribution >= 0.6 is 11.3 Å². The molecule has 1 N–H and O–H groups in total. The number of benzene rings is 2. The van der Waals surface area contributed by atoms with Crippen molar-refractivity contribution in [3.8, 4) is 11.3 Å². The molecule has 0 bridgehead atoms. The fourth-order valence-electron chi connectivity index (χ4n) is 2.79. The number of aromatic nitrogens is 2. The number of thiazole rings is 1. The first-order valence-electron chi connectivity index (χ1n) is 8.20. The fraction of sp³-hybridized carbons (Fsp3) is 0.105. The second-order valence-corrected chi connectivity index (χ2v) is 9.12. The molecule has 0 saturated carbocycles. The number of sulfonamides is 1. The number of nitrogens with one attached hydrogen (secondary N) is 1. The molecule has 0 spiro atoms. The van der Waals surface area contributed by atoms with Gasteiger partial charge in [0.1, 0.15) is 5.82 Å². The molecule has 0 saturated heterocycles. The Morgan fingerprint density at radius 1 is 1.15 bits per heavy atom. The fourth-order valence-corrected chi connectivity index (χ4v) is 4.64. The molecule has 27 heavy (non-hydrogen) atoms. The molecule has 0 aliphatic heterocycles. The topological polar surface area (TPSA) is 63.5 Å². The smallest absolute Gasteiger partial charge is 0.240 e. The van der Waals surface area contributed by atoms with Gasteiger partial charge in [-0.15, -0.1) is 11.3 Å². The van der Waals surface area contributed by atoms with Crippen LogP contribution in [0.15, 0.2) is 65.8 Å². The third kappa shape index (κ3) is 3.78. The van der Waals surface area contributed by atoms with E-state index in [-0.39, 0.29) is 11.4 Å². The van der Waals surface area contributed by atoms with Gasteiger partial charge in [0.2, 0.25) is 10.0 Å². The summed E-state index contributed by atoms with van der Waals surface area (Å²) in [6, 6.07) is 12.5. The van der Waals surface area contributed by atoms with Crippen molar-refractivity contribution in [3.63, 3.8) is 0 Å². The predicted molar refractivity (Wildman–Crippen MR) is 104 cm³/mol. The lowest BCUT2D eigenvalue weighted by atomic mass is 10.1. The SMILES string of the molecule is Cc1cn2cc(-c3cccc(CNS(=O)(=O)c4cccc(F)c4)c3)nc2s1. The average molecular weight is 401 g/mol. The van der Waals surface area contributed by atoms with Gasteiger partial charge in [-0.25, -0.2) is 22.5 Å². The van der Waals surface area contributed by atoms with Crippen molar-refractivity contribution in [2.45, 2.75) is 18.4 Å². The molecule has 0 amide bonds. The number of hydrogen-bond donors (Lipinski definition) is 1. The molecule has 2 aromatic carbocycles. The van der Waals surface area contributed by atoms with E-state index >= 15 is 0 Å². The molecule has 0 atom stereocenters. The Morgan fingerprint density at radius 2 is 1.96 bits per heavy atom. The number of aryl methyl sites for hydroxylation is 1. The van der Waals surface area contributed by atoms with Gasteiger partial charge in [-0.3, -0.25) is 4.40 Å². The van der Waals surface area contributed by atoms with Gasteiger partial charge in [-0.1, -0.05) is 24.3 Å². The summed E-state index contributed by atoms with van der Waals surface area (Å²) < 4.78 is 42.4. The van der Waals surface area contributed by atoms with Gasteiger partial charge in [0.05, 0.1) is 10.6 Å². The first-order chi connectivity index (χ1) is 12.9. The van der Waals surface area contributed by atoms with Gasteiger partial charge >= 0.3 is 0 Å². The Kier molecular flexibility index (Phi) is 4.55. The van der Waals surface area contributed by atoms with Gasteiger partial charge in [0.25, 0.3) is 0 Å². The molecular formula is C19H16FN3O2S2. The second kappa shape index (κ2) is 6.88. The molecule has 5 nitrogen and oxygen atoms in total. The Morgan fingerprint density at radius 3 is 2.74 bits per heavy atom. The quantitative estimate of drug-likeness (QED) is 0.550. The van der Waals surface area contributed by atoms with Gasteiger partial charge < -0.3 is 0 Å². The van der Waals surface area contributed by atoms with E-state index in [9.17, 15) is 12.8 Å². The van der Waals surface area contributed by atoms with E-state index in [0.717, 1.165) is 27.8 Å². The van der Waals surface area contributed by atoms with Crippen molar-refractivity contribution in [1.82, 2.24) is 14.1 Å². The van der Waals surface area contributed by atoms with Crippen LogP contribution in [0.1, 0.15) is 10.4 Å². The number of hydrogen-bond acceptors (Lipinski definition) is 4. The van der Waals surface area contributed by atoms with Crippen LogP contribution in [0.25, 0.3) is 16.2 Å². The number of halogens is 1. The molecule has 0 fully saturated rings.